The zero-order valence-corrected chi connectivity index (χ0v) is 12.5. The Hall–Kier alpha value is -2.18. The average molecular weight is 319 g/mol. The van der Waals surface area contributed by atoms with Crippen molar-refractivity contribution in [3.63, 3.8) is 0 Å². The minimum Gasteiger partial charge on any atom is -0.362 e. The molecule has 2 unspecified atom stereocenters. The van der Waals surface area contributed by atoms with E-state index in [1.54, 1.807) is 11.0 Å². The second-order valence-electron chi connectivity index (χ2n) is 5.08. The maximum Gasteiger partial charge on any atom is 0.249 e. The third-order valence-corrected chi connectivity index (χ3v) is 3.91. The van der Waals surface area contributed by atoms with E-state index < -0.39 is 0 Å². The molecule has 1 saturated heterocycles. The third kappa shape index (κ3) is 3.03. The van der Waals surface area contributed by atoms with E-state index in [2.05, 4.69) is 10.3 Å². The topological polar surface area (TPSA) is 80.3 Å². The molecule has 114 valence electrons. The molecule has 1 aliphatic carbocycles. The quantitative estimate of drug-likeness (QED) is 0.527. The van der Waals surface area contributed by atoms with Gasteiger partial charge in [0, 0.05) is 11.6 Å². The van der Waals surface area contributed by atoms with Gasteiger partial charge in [-0.3, -0.25) is 4.79 Å². The normalized spacial score (nSPS) is 24.5. The van der Waals surface area contributed by atoms with Gasteiger partial charge in [0.05, 0.1) is 11.7 Å². The molecule has 2 N–H and O–H groups in total. The number of carbonyl (C=O) groups is 1. The van der Waals surface area contributed by atoms with E-state index in [0.717, 1.165) is 5.56 Å². The van der Waals surface area contributed by atoms with Gasteiger partial charge in [-0.25, -0.2) is 0 Å². The molecule has 0 bridgehead atoms. The maximum atomic E-state index is 12.2. The molecule has 1 amide bonds. The van der Waals surface area contributed by atoms with Crippen LogP contribution in [-0.4, -0.2) is 29.6 Å². The fourth-order valence-electron chi connectivity index (χ4n) is 2.58. The van der Waals surface area contributed by atoms with Gasteiger partial charge in [-0.2, -0.15) is 0 Å². The van der Waals surface area contributed by atoms with Crippen LogP contribution in [0.3, 0.4) is 0 Å². The number of amides is 1. The second-order valence-corrected chi connectivity index (χ2v) is 5.52. The summed E-state index contributed by atoms with van der Waals surface area (Å²) in [4.78, 5) is 14.0. The van der Waals surface area contributed by atoms with E-state index in [0.29, 0.717) is 17.3 Å². The zero-order valence-electron chi connectivity index (χ0n) is 11.7. The van der Waals surface area contributed by atoms with Crippen LogP contribution in [0.1, 0.15) is 5.56 Å². The van der Waals surface area contributed by atoms with Crippen LogP contribution in [0.5, 0.6) is 0 Å². The first kappa shape index (κ1) is 14.7. The number of ether oxygens (including phenoxy) is 1. The molecular formula is C15H15ClN4O2. The van der Waals surface area contributed by atoms with Crippen molar-refractivity contribution in [2.24, 2.45) is 16.2 Å². The first-order valence-electron chi connectivity index (χ1n) is 6.84. The fraction of sp³-hybridized carbons (Fsp3) is 0.267. The smallest absolute Gasteiger partial charge is 0.249 e. The Morgan fingerprint density at radius 3 is 2.86 bits per heavy atom. The number of fused-ring (bicyclic) bond motifs is 1. The van der Waals surface area contributed by atoms with Gasteiger partial charge in [0.2, 0.25) is 5.91 Å². The van der Waals surface area contributed by atoms with Gasteiger partial charge in [0.15, 0.2) is 0 Å². The Morgan fingerprint density at radius 2 is 2.14 bits per heavy atom. The van der Waals surface area contributed by atoms with Gasteiger partial charge in [0.25, 0.3) is 0 Å². The van der Waals surface area contributed by atoms with Crippen molar-refractivity contribution in [2.75, 3.05) is 6.61 Å². The Kier molecular flexibility index (Phi) is 4.22. The minimum atomic E-state index is -0.220. The maximum absolute atomic E-state index is 12.2. The van der Waals surface area contributed by atoms with Crippen molar-refractivity contribution < 1.29 is 9.53 Å². The lowest BCUT2D eigenvalue weighted by molar-refractivity contribution is -0.151. The van der Waals surface area contributed by atoms with Crippen LogP contribution >= 0.6 is 11.6 Å². The molecule has 2 aliphatic rings. The lowest BCUT2D eigenvalue weighted by atomic mass is 9.99. The summed E-state index contributed by atoms with van der Waals surface area (Å²) in [7, 11) is 0. The summed E-state index contributed by atoms with van der Waals surface area (Å²) >= 11 is 5.89. The highest BCUT2D eigenvalue weighted by molar-refractivity contribution is 6.30. The molecule has 7 heteroatoms. The molecule has 1 aliphatic heterocycles. The number of nitrogens with zero attached hydrogens (tertiary/aromatic N) is 3. The largest absolute Gasteiger partial charge is 0.362 e. The molecule has 0 spiro atoms. The number of allylic oxidation sites excluding steroid dienone is 1. The Morgan fingerprint density at radius 1 is 1.36 bits per heavy atom. The van der Waals surface area contributed by atoms with E-state index in [9.17, 15) is 4.79 Å². The van der Waals surface area contributed by atoms with E-state index in [4.69, 9.17) is 22.2 Å². The van der Waals surface area contributed by atoms with Gasteiger partial charge in [-0.05, 0) is 29.8 Å². The zero-order chi connectivity index (χ0) is 15.5. The van der Waals surface area contributed by atoms with Gasteiger partial charge < -0.3 is 15.5 Å². The summed E-state index contributed by atoms with van der Waals surface area (Å²) in [6.45, 7) is 0.554. The first-order chi connectivity index (χ1) is 10.7. The molecule has 2 atom stereocenters. The van der Waals surface area contributed by atoms with Crippen molar-refractivity contribution in [3.8, 4) is 0 Å². The van der Waals surface area contributed by atoms with Crippen LogP contribution in [-0.2, 0) is 16.1 Å². The van der Waals surface area contributed by atoms with E-state index in [1.165, 1.54) is 0 Å². The summed E-state index contributed by atoms with van der Waals surface area (Å²) in [5, 5.41) is 7.77. The van der Waals surface area contributed by atoms with Gasteiger partial charge >= 0.3 is 0 Å². The SMILES string of the molecule is NN=NC1=CC2C(C=C1)OCC(=O)N2Cc1ccc(Cl)cc1. The van der Waals surface area contributed by atoms with Crippen molar-refractivity contribution in [1.29, 1.82) is 0 Å². The number of hydrogen-bond donors (Lipinski definition) is 1. The molecule has 0 saturated carbocycles. The molecule has 22 heavy (non-hydrogen) atoms. The highest BCUT2D eigenvalue weighted by Gasteiger charge is 2.35. The number of carbonyl (C=O) groups excluding carboxylic acids is 1. The van der Waals surface area contributed by atoms with E-state index in [1.807, 2.05) is 36.4 Å². The number of nitrogens with two attached hydrogens (primary N) is 1. The van der Waals surface area contributed by atoms with Crippen LogP contribution < -0.4 is 5.84 Å². The predicted molar refractivity (Wildman–Crippen MR) is 81.8 cm³/mol. The summed E-state index contributed by atoms with van der Waals surface area (Å²) in [5.74, 6) is 5.02. The highest BCUT2D eigenvalue weighted by Crippen LogP contribution is 2.26. The molecule has 6 nitrogen and oxygen atoms in total. The van der Waals surface area contributed by atoms with Gasteiger partial charge in [-0.1, -0.05) is 35.0 Å². The van der Waals surface area contributed by atoms with Crippen LogP contribution in [0.25, 0.3) is 0 Å². The summed E-state index contributed by atoms with van der Waals surface area (Å²) < 4.78 is 5.56. The van der Waals surface area contributed by atoms with Crippen LogP contribution in [0.15, 0.2) is 58.5 Å². The van der Waals surface area contributed by atoms with Crippen LogP contribution in [0, 0.1) is 0 Å². The van der Waals surface area contributed by atoms with E-state index >= 15 is 0 Å². The molecule has 1 heterocycles. The number of morpholine rings is 1. The fourth-order valence-corrected chi connectivity index (χ4v) is 2.71. The number of benzene rings is 1. The third-order valence-electron chi connectivity index (χ3n) is 3.65. The lowest BCUT2D eigenvalue weighted by Gasteiger charge is -2.39. The van der Waals surface area contributed by atoms with E-state index in [-0.39, 0.29) is 24.7 Å². The number of hydrogen-bond acceptors (Lipinski definition) is 4. The lowest BCUT2D eigenvalue weighted by Crippen LogP contribution is -2.53. The molecule has 0 radical (unpaired) electrons. The summed E-state index contributed by atoms with van der Waals surface area (Å²) in [5.41, 5.74) is 1.62. The Balaban J connectivity index is 1.85. The molecule has 1 fully saturated rings. The monoisotopic (exact) mass is 318 g/mol. The molecule has 1 aromatic rings. The summed E-state index contributed by atoms with van der Waals surface area (Å²) in [6.07, 6.45) is 5.32. The predicted octanol–water partition coefficient (Wildman–Crippen LogP) is 2.22. The average Bonchev–Trinajstić information content (AvgIpc) is 2.52. The molecular weight excluding hydrogens is 304 g/mol. The number of halogens is 1. The Labute approximate surface area is 132 Å². The van der Waals surface area contributed by atoms with Gasteiger partial charge in [0.1, 0.15) is 12.7 Å². The van der Waals surface area contributed by atoms with Crippen molar-refractivity contribution >= 4 is 17.5 Å². The van der Waals surface area contributed by atoms with Crippen LogP contribution in [0.2, 0.25) is 5.02 Å². The van der Waals surface area contributed by atoms with Gasteiger partial charge in [-0.15, -0.1) is 5.11 Å². The minimum absolute atomic E-state index is 0.0632. The summed E-state index contributed by atoms with van der Waals surface area (Å²) in [6, 6.07) is 7.21. The van der Waals surface area contributed by atoms with Crippen molar-refractivity contribution in [3.05, 3.63) is 58.8 Å². The number of rotatable bonds is 3. The molecule has 1 aromatic carbocycles. The van der Waals surface area contributed by atoms with Crippen LogP contribution in [0.4, 0.5) is 0 Å². The molecule has 0 aromatic heterocycles. The first-order valence-corrected chi connectivity index (χ1v) is 7.21. The van der Waals surface area contributed by atoms with Crippen molar-refractivity contribution in [1.82, 2.24) is 4.90 Å². The molecule has 3 rings (SSSR count). The standard InChI is InChI=1S/C15H15ClN4O2/c16-11-3-1-10(2-4-11)8-20-13-7-12(18-19-17)5-6-14(13)22-9-15(20)21/h1-7,13-14H,8-9H2,(H2,17,18). The Bertz CT molecular complexity index is 654. The highest BCUT2D eigenvalue weighted by atomic mass is 35.5. The second kappa shape index (κ2) is 6.29. The van der Waals surface area contributed by atoms with Crippen molar-refractivity contribution in [2.45, 2.75) is 18.7 Å².